The molecule has 0 amide bonds. The molecule has 0 aliphatic carbocycles. The van der Waals surface area contributed by atoms with Gasteiger partial charge in [0, 0.05) is 10.6 Å². The van der Waals surface area contributed by atoms with Gasteiger partial charge in [-0.15, -0.1) is 0 Å². The summed E-state index contributed by atoms with van der Waals surface area (Å²) in [6, 6.07) is 7.22. The van der Waals surface area contributed by atoms with Crippen LogP contribution in [0.4, 0.5) is 8.78 Å². The summed E-state index contributed by atoms with van der Waals surface area (Å²) in [5, 5.41) is 0.948. The van der Waals surface area contributed by atoms with E-state index >= 15 is 0 Å². The Hall–Kier alpha value is -0.540. The van der Waals surface area contributed by atoms with E-state index in [4.69, 9.17) is 46.4 Å². The molecule has 0 radical (unpaired) electrons. The average molecular weight is 342 g/mol. The van der Waals surface area contributed by atoms with Crippen molar-refractivity contribution in [1.82, 2.24) is 0 Å². The van der Waals surface area contributed by atoms with Crippen molar-refractivity contribution in [3.63, 3.8) is 0 Å². The Labute approximate surface area is 128 Å². The monoisotopic (exact) mass is 340 g/mol. The van der Waals surface area contributed by atoms with Crippen LogP contribution in [0, 0.1) is 0 Å². The van der Waals surface area contributed by atoms with Crippen LogP contribution in [0.25, 0.3) is 11.1 Å². The summed E-state index contributed by atoms with van der Waals surface area (Å²) < 4.78 is 25.5. The standard InChI is InChI=1S/C13H6Cl4F2/c14-9-2-6(1-8(3-9)13(18)19)7-4-10(15)12(17)11(16)5-7/h1-5,13H. The first-order chi connectivity index (χ1) is 8.88. The maximum absolute atomic E-state index is 12.7. The molecular weight excluding hydrogens is 336 g/mol. The molecule has 0 fully saturated rings. The molecule has 0 aliphatic rings. The lowest BCUT2D eigenvalue weighted by Gasteiger charge is -2.09. The molecule has 0 bridgehead atoms. The summed E-state index contributed by atoms with van der Waals surface area (Å²) in [5.41, 5.74) is 0.914. The third-order valence-electron chi connectivity index (χ3n) is 2.49. The molecule has 0 spiro atoms. The summed E-state index contributed by atoms with van der Waals surface area (Å²) in [6.45, 7) is 0. The van der Waals surface area contributed by atoms with Crippen LogP contribution in [-0.2, 0) is 0 Å². The van der Waals surface area contributed by atoms with Crippen LogP contribution >= 0.6 is 46.4 Å². The van der Waals surface area contributed by atoms with Crippen molar-refractivity contribution in [2.24, 2.45) is 0 Å². The van der Waals surface area contributed by atoms with Gasteiger partial charge in [0.2, 0.25) is 0 Å². The topological polar surface area (TPSA) is 0 Å². The van der Waals surface area contributed by atoms with Gasteiger partial charge in [-0.25, -0.2) is 8.78 Å². The zero-order valence-corrected chi connectivity index (χ0v) is 12.3. The third-order valence-corrected chi connectivity index (χ3v) is 3.90. The van der Waals surface area contributed by atoms with Gasteiger partial charge in [-0.3, -0.25) is 0 Å². The number of benzene rings is 2. The molecule has 0 aliphatic heterocycles. The summed E-state index contributed by atoms with van der Waals surface area (Å²) in [6.07, 6.45) is -2.60. The minimum absolute atomic E-state index is 0.162. The van der Waals surface area contributed by atoms with E-state index in [0.29, 0.717) is 11.1 Å². The van der Waals surface area contributed by atoms with Gasteiger partial charge >= 0.3 is 0 Å². The second kappa shape index (κ2) is 5.84. The largest absolute Gasteiger partial charge is 0.263 e. The summed E-state index contributed by atoms with van der Waals surface area (Å²) in [5.74, 6) is 0. The molecule has 0 nitrogen and oxygen atoms in total. The van der Waals surface area contributed by atoms with Crippen molar-refractivity contribution in [1.29, 1.82) is 0 Å². The first kappa shape index (κ1) is 14.9. The normalized spacial score (nSPS) is 11.1. The second-order valence-electron chi connectivity index (χ2n) is 3.83. The van der Waals surface area contributed by atoms with E-state index in [1.807, 2.05) is 0 Å². The van der Waals surface area contributed by atoms with Crippen molar-refractivity contribution in [2.45, 2.75) is 6.43 Å². The molecule has 2 aromatic carbocycles. The van der Waals surface area contributed by atoms with E-state index in [0.717, 1.165) is 0 Å². The fraction of sp³-hybridized carbons (Fsp3) is 0.0769. The Kier molecular flexibility index (Phi) is 4.57. The molecular formula is C13H6Cl4F2. The van der Waals surface area contributed by atoms with Gasteiger partial charge in [0.05, 0.1) is 15.1 Å². The van der Waals surface area contributed by atoms with Crippen LogP contribution in [-0.4, -0.2) is 0 Å². The lowest BCUT2D eigenvalue weighted by Crippen LogP contribution is -1.87. The quantitative estimate of drug-likeness (QED) is 0.521. The molecule has 0 atom stereocenters. The van der Waals surface area contributed by atoms with Crippen LogP contribution in [0.1, 0.15) is 12.0 Å². The van der Waals surface area contributed by atoms with Crippen LogP contribution in [0.15, 0.2) is 30.3 Å². The Morgan fingerprint density at radius 3 is 1.79 bits per heavy atom. The fourth-order valence-corrected chi connectivity index (χ4v) is 2.47. The van der Waals surface area contributed by atoms with E-state index in [1.54, 1.807) is 18.2 Å². The van der Waals surface area contributed by atoms with Gasteiger partial charge in [-0.2, -0.15) is 0 Å². The van der Waals surface area contributed by atoms with E-state index in [2.05, 4.69) is 0 Å². The second-order valence-corrected chi connectivity index (χ2v) is 5.46. The van der Waals surface area contributed by atoms with Gasteiger partial charge in [-0.1, -0.05) is 46.4 Å². The molecule has 0 saturated heterocycles. The highest BCUT2D eigenvalue weighted by molar-refractivity contribution is 6.48. The summed E-state index contributed by atoms with van der Waals surface area (Å²) in [4.78, 5) is 0. The SMILES string of the molecule is FC(F)c1cc(Cl)cc(-c2cc(Cl)c(Cl)c(Cl)c2)c1. The molecule has 2 rings (SSSR count). The zero-order valence-electron chi connectivity index (χ0n) is 9.23. The van der Waals surface area contributed by atoms with E-state index in [9.17, 15) is 8.78 Å². The molecule has 0 heterocycles. The predicted octanol–water partition coefficient (Wildman–Crippen LogP) is 6.90. The lowest BCUT2D eigenvalue weighted by atomic mass is 10.0. The minimum Gasteiger partial charge on any atom is -0.205 e. The first-order valence-corrected chi connectivity index (χ1v) is 6.63. The third kappa shape index (κ3) is 3.32. The highest BCUT2D eigenvalue weighted by Gasteiger charge is 2.12. The molecule has 100 valence electrons. The van der Waals surface area contributed by atoms with Crippen molar-refractivity contribution < 1.29 is 8.78 Å². The maximum Gasteiger partial charge on any atom is 0.263 e. The van der Waals surface area contributed by atoms with Crippen molar-refractivity contribution >= 4 is 46.4 Å². The van der Waals surface area contributed by atoms with Gasteiger partial charge in [0.25, 0.3) is 6.43 Å². The first-order valence-electron chi connectivity index (χ1n) is 5.12. The number of hydrogen-bond acceptors (Lipinski definition) is 0. The number of alkyl halides is 2. The maximum atomic E-state index is 12.7. The lowest BCUT2D eigenvalue weighted by molar-refractivity contribution is 0.151. The Balaban J connectivity index is 2.59. The van der Waals surface area contributed by atoms with E-state index in [1.165, 1.54) is 12.1 Å². The smallest absolute Gasteiger partial charge is 0.205 e. The Morgan fingerprint density at radius 1 is 0.737 bits per heavy atom. The highest BCUT2D eigenvalue weighted by Crippen LogP contribution is 2.37. The molecule has 2 aromatic rings. The van der Waals surface area contributed by atoms with Crippen molar-refractivity contribution in [2.75, 3.05) is 0 Å². The van der Waals surface area contributed by atoms with Crippen LogP contribution in [0.2, 0.25) is 20.1 Å². The van der Waals surface area contributed by atoms with Crippen LogP contribution < -0.4 is 0 Å². The Bertz CT molecular complexity index is 603. The molecule has 0 unspecified atom stereocenters. The van der Waals surface area contributed by atoms with Crippen LogP contribution in [0.5, 0.6) is 0 Å². The Morgan fingerprint density at radius 2 is 1.26 bits per heavy atom. The average Bonchev–Trinajstić information content (AvgIpc) is 2.34. The fourth-order valence-electron chi connectivity index (χ4n) is 1.63. The van der Waals surface area contributed by atoms with E-state index in [-0.39, 0.29) is 25.7 Å². The molecule has 0 N–H and O–H groups in total. The van der Waals surface area contributed by atoms with Gasteiger partial charge < -0.3 is 0 Å². The summed E-state index contributed by atoms with van der Waals surface area (Å²) in [7, 11) is 0. The molecule has 0 aromatic heterocycles. The van der Waals surface area contributed by atoms with Gasteiger partial charge in [0.15, 0.2) is 0 Å². The van der Waals surface area contributed by atoms with Crippen LogP contribution in [0.3, 0.4) is 0 Å². The zero-order chi connectivity index (χ0) is 14.2. The molecule has 0 saturated carbocycles. The molecule has 19 heavy (non-hydrogen) atoms. The van der Waals surface area contributed by atoms with E-state index < -0.39 is 6.43 Å². The van der Waals surface area contributed by atoms with Crippen molar-refractivity contribution in [3.05, 3.63) is 56.0 Å². The number of halogens is 6. The van der Waals surface area contributed by atoms with Crippen molar-refractivity contribution in [3.8, 4) is 11.1 Å². The summed E-state index contributed by atoms with van der Waals surface area (Å²) >= 11 is 23.5. The highest BCUT2D eigenvalue weighted by atomic mass is 35.5. The molecule has 6 heteroatoms. The van der Waals surface area contributed by atoms with Gasteiger partial charge in [0.1, 0.15) is 0 Å². The number of rotatable bonds is 2. The number of hydrogen-bond donors (Lipinski definition) is 0. The predicted molar refractivity (Wildman–Crippen MR) is 76.9 cm³/mol. The minimum atomic E-state index is -2.60. The van der Waals surface area contributed by atoms with Gasteiger partial charge in [-0.05, 0) is 41.5 Å².